The van der Waals surface area contributed by atoms with Crippen LogP contribution in [0.5, 0.6) is 0 Å². The molecule has 0 radical (unpaired) electrons. The fourth-order valence-corrected chi connectivity index (χ4v) is 2.12. The number of amides is 2. The first kappa shape index (κ1) is 14.3. The van der Waals surface area contributed by atoms with E-state index < -0.39 is 5.97 Å². The van der Waals surface area contributed by atoms with Gasteiger partial charge in [0.25, 0.3) is 0 Å². The number of carbonyl (C=O) groups is 2. The van der Waals surface area contributed by atoms with E-state index in [4.69, 9.17) is 9.84 Å². The summed E-state index contributed by atoms with van der Waals surface area (Å²) >= 11 is 0. The minimum absolute atomic E-state index is 0.0501. The molecule has 0 aliphatic carbocycles. The van der Waals surface area contributed by atoms with Crippen LogP contribution in [0.25, 0.3) is 0 Å². The Balaban J connectivity index is 1.92. The third kappa shape index (κ3) is 3.48. The molecule has 1 aromatic rings. The SMILES string of the molecule is CC1COCCN1C(=O)NCc1cccc(C(=O)O)c1. The quantitative estimate of drug-likeness (QED) is 0.874. The van der Waals surface area contributed by atoms with E-state index >= 15 is 0 Å². The van der Waals surface area contributed by atoms with Gasteiger partial charge in [0.1, 0.15) is 0 Å². The highest BCUT2D eigenvalue weighted by Crippen LogP contribution is 2.08. The molecule has 6 nitrogen and oxygen atoms in total. The molecule has 0 aromatic heterocycles. The van der Waals surface area contributed by atoms with Crippen LogP contribution in [0.3, 0.4) is 0 Å². The molecule has 1 aliphatic rings. The molecule has 1 atom stereocenters. The molecule has 1 fully saturated rings. The molecule has 1 aliphatic heterocycles. The molecule has 0 bridgehead atoms. The molecule has 1 saturated heterocycles. The van der Waals surface area contributed by atoms with Crippen LogP contribution in [-0.4, -0.2) is 47.8 Å². The first-order chi connectivity index (χ1) is 9.58. The van der Waals surface area contributed by atoms with Crippen molar-refractivity contribution in [3.8, 4) is 0 Å². The molecular formula is C14H18N2O4. The molecule has 0 spiro atoms. The Morgan fingerprint density at radius 2 is 2.30 bits per heavy atom. The van der Waals surface area contributed by atoms with Crippen LogP contribution in [0.15, 0.2) is 24.3 Å². The monoisotopic (exact) mass is 278 g/mol. The van der Waals surface area contributed by atoms with Gasteiger partial charge in [-0.1, -0.05) is 12.1 Å². The van der Waals surface area contributed by atoms with E-state index in [1.54, 1.807) is 23.1 Å². The van der Waals surface area contributed by atoms with E-state index in [1.165, 1.54) is 6.07 Å². The summed E-state index contributed by atoms with van der Waals surface area (Å²) in [5.74, 6) is -0.972. The number of morpholine rings is 1. The van der Waals surface area contributed by atoms with Crippen LogP contribution >= 0.6 is 0 Å². The summed E-state index contributed by atoms with van der Waals surface area (Å²) in [6.45, 7) is 3.91. The Kier molecular flexibility index (Phi) is 4.57. The maximum Gasteiger partial charge on any atom is 0.335 e. The topological polar surface area (TPSA) is 78.9 Å². The van der Waals surface area contributed by atoms with E-state index in [0.717, 1.165) is 5.56 Å². The van der Waals surface area contributed by atoms with Gasteiger partial charge in [-0.25, -0.2) is 9.59 Å². The summed E-state index contributed by atoms with van der Waals surface area (Å²) in [6, 6.07) is 6.44. The van der Waals surface area contributed by atoms with Crippen LogP contribution in [0.4, 0.5) is 4.79 Å². The van der Waals surface area contributed by atoms with Gasteiger partial charge < -0.3 is 20.1 Å². The van der Waals surface area contributed by atoms with E-state index in [2.05, 4.69) is 5.32 Å². The molecule has 2 N–H and O–H groups in total. The molecular weight excluding hydrogens is 260 g/mol. The number of benzene rings is 1. The first-order valence-electron chi connectivity index (χ1n) is 6.52. The highest BCUT2D eigenvalue weighted by atomic mass is 16.5. The third-order valence-electron chi connectivity index (χ3n) is 3.25. The van der Waals surface area contributed by atoms with Gasteiger partial charge in [-0.05, 0) is 24.6 Å². The van der Waals surface area contributed by atoms with Crippen molar-refractivity contribution in [3.63, 3.8) is 0 Å². The molecule has 2 amide bonds. The minimum Gasteiger partial charge on any atom is -0.478 e. The summed E-state index contributed by atoms with van der Waals surface area (Å²) in [6.07, 6.45) is 0. The number of carboxylic acid groups (broad SMARTS) is 1. The second kappa shape index (κ2) is 6.38. The smallest absolute Gasteiger partial charge is 0.335 e. The number of hydrogen-bond acceptors (Lipinski definition) is 3. The van der Waals surface area contributed by atoms with Gasteiger partial charge in [0.2, 0.25) is 0 Å². The zero-order valence-corrected chi connectivity index (χ0v) is 11.3. The Bertz CT molecular complexity index is 504. The predicted molar refractivity (Wildman–Crippen MR) is 72.6 cm³/mol. The number of nitrogens with zero attached hydrogens (tertiary/aromatic N) is 1. The standard InChI is InChI=1S/C14H18N2O4/c1-10-9-20-6-5-16(10)14(19)15-8-11-3-2-4-12(7-11)13(17)18/h2-4,7,10H,5-6,8-9H2,1H3,(H,15,19)(H,17,18). The lowest BCUT2D eigenvalue weighted by Gasteiger charge is -2.33. The third-order valence-corrected chi connectivity index (χ3v) is 3.25. The van der Waals surface area contributed by atoms with Crippen molar-refractivity contribution in [1.82, 2.24) is 10.2 Å². The van der Waals surface area contributed by atoms with Crippen molar-refractivity contribution >= 4 is 12.0 Å². The number of urea groups is 1. The van der Waals surface area contributed by atoms with Crippen LogP contribution in [0.2, 0.25) is 0 Å². The van der Waals surface area contributed by atoms with Gasteiger partial charge in [-0.2, -0.15) is 0 Å². The largest absolute Gasteiger partial charge is 0.478 e. The van der Waals surface area contributed by atoms with Crippen LogP contribution in [0.1, 0.15) is 22.8 Å². The number of hydrogen-bond donors (Lipinski definition) is 2. The average molecular weight is 278 g/mol. The Hall–Kier alpha value is -2.08. The number of carbonyl (C=O) groups excluding carboxylic acids is 1. The Labute approximate surface area is 117 Å². The normalized spacial score (nSPS) is 18.6. The number of ether oxygens (including phenoxy) is 1. The highest BCUT2D eigenvalue weighted by molar-refractivity contribution is 5.87. The molecule has 6 heteroatoms. The average Bonchev–Trinajstić information content (AvgIpc) is 2.45. The number of rotatable bonds is 3. The zero-order valence-electron chi connectivity index (χ0n) is 11.3. The Morgan fingerprint density at radius 3 is 3.00 bits per heavy atom. The molecule has 0 saturated carbocycles. The number of carboxylic acids is 1. The van der Waals surface area contributed by atoms with Gasteiger partial charge in [0, 0.05) is 13.1 Å². The highest BCUT2D eigenvalue weighted by Gasteiger charge is 2.23. The van der Waals surface area contributed by atoms with Crippen molar-refractivity contribution in [3.05, 3.63) is 35.4 Å². The van der Waals surface area contributed by atoms with Crippen molar-refractivity contribution in [2.24, 2.45) is 0 Å². The fourth-order valence-electron chi connectivity index (χ4n) is 2.12. The summed E-state index contributed by atoms with van der Waals surface area (Å²) in [5, 5.41) is 11.7. The van der Waals surface area contributed by atoms with Crippen molar-refractivity contribution in [1.29, 1.82) is 0 Å². The summed E-state index contributed by atoms with van der Waals surface area (Å²) in [7, 11) is 0. The second-order valence-electron chi connectivity index (χ2n) is 4.78. The van der Waals surface area contributed by atoms with E-state index in [9.17, 15) is 9.59 Å². The molecule has 108 valence electrons. The van der Waals surface area contributed by atoms with Crippen molar-refractivity contribution in [2.75, 3.05) is 19.8 Å². The van der Waals surface area contributed by atoms with E-state index in [-0.39, 0.29) is 17.6 Å². The van der Waals surface area contributed by atoms with Crippen LogP contribution < -0.4 is 5.32 Å². The van der Waals surface area contributed by atoms with Gasteiger partial charge in [-0.3, -0.25) is 0 Å². The van der Waals surface area contributed by atoms with E-state index in [0.29, 0.717) is 26.3 Å². The first-order valence-corrected chi connectivity index (χ1v) is 6.52. The summed E-state index contributed by atoms with van der Waals surface area (Å²) in [5.41, 5.74) is 0.982. The molecule has 1 aromatic carbocycles. The van der Waals surface area contributed by atoms with Gasteiger partial charge in [-0.15, -0.1) is 0 Å². The van der Waals surface area contributed by atoms with Crippen molar-refractivity contribution < 1.29 is 19.4 Å². The lowest BCUT2D eigenvalue weighted by Crippen LogP contribution is -2.51. The van der Waals surface area contributed by atoms with Gasteiger partial charge in [0.15, 0.2) is 0 Å². The van der Waals surface area contributed by atoms with Gasteiger partial charge in [0.05, 0.1) is 24.8 Å². The lowest BCUT2D eigenvalue weighted by atomic mass is 10.1. The molecule has 1 unspecified atom stereocenters. The van der Waals surface area contributed by atoms with Gasteiger partial charge >= 0.3 is 12.0 Å². The molecule has 20 heavy (non-hydrogen) atoms. The number of nitrogens with one attached hydrogen (secondary N) is 1. The fraction of sp³-hybridized carbons (Fsp3) is 0.429. The maximum absolute atomic E-state index is 12.0. The van der Waals surface area contributed by atoms with Crippen LogP contribution in [0, 0.1) is 0 Å². The summed E-state index contributed by atoms with van der Waals surface area (Å²) < 4.78 is 5.28. The number of aromatic carboxylic acids is 1. The molecule has 2 rings (SSSR count). The lowest BCUT2D eigenvalue weighted by molar-refractivity contribution is 0.0190. The van der Waals surface area contributed by atoms with Crippen LogP contribution in [-0.2, 0) is 11.3 Å². The predicted octanol–water partition coefficient (Wildman–Crippen LogP) is 1.32. The second-order valence-corrected chi connectivity index (χ2v) is 4.78. The van der Waals surface area contributed by atoms with E-state index in [1.807, 2.05) is 6.92 Å². The molecule has 1 heterocycles. The summed E-state index contributed by atoms with van der Waals surface area (Å²) in [4.78, 5) is 24.6. The zero-order chi connectivity index (χ0) is 14.5. The minimum atomic E-state index is -0.972. The van der Waals surface area contributed by atoms with Crippen molar-refractivity contribution in [2.45, 2.75) is 19.5 Å². The maximum atomic E-state index is 12.0. The Morgan fingerprint density at radius 1 is 1.50 bits per heavy atom.